The highest BCUT2D eigenvalue weighted by Gasteiger charge is 2.32. The molecule has 4 unspecified atom stereocenters. The van der Waals surface area contributed by atoms with Gasteiger partial charge in [0.2, 0.25) is 11.8 Å². The third-order valence-electron chi connectivity index (χ3n) is 4.43. The van der Waals surface area contributed by atoms with Crippen LogP contribution in [0, 0.1) is 0 Å². The van der Waals surface area contributed by atoms with E-state index < -0.39 is 42.0 Å². The Morgan fingerprint density at radius 2 is 1.89 bits per heavy atom. The molecule has 0 radical (unpaired) electrons. The number of aliphatic hydroxyl groups is 1. The summed E-state index contributed by atoms with van der Waals surface area (Å²) in [5, 5.41) is 36.4. The monoisotopic (exact) mass is 379 g/mol. The molecule has 0 aliphatic carbocycles. The molecule has 1 aromatic carbocycles. The molecule has 2 rings (SSSR count). The fourth-order valence-corrected chi connectivity index (χ4v) is 2.90. The number of benzene rings is 1. The van der Waals surface area contributed by atoms with Crippen molar-refractivity contribution in [2.24, 2.45) is 0 Å². The Balaban J connectivity index is 2.02. The number of phenolic OH excluding ortho intramolecular Hbond substituents is 1. The van der Waals surface area contributed by atoms with Crippen molar-refractivity contribution >= 4 is 17.8 Å². The molecule has 148 valence electrons. The summed E-state index contributed by atoms with van der Waals surface area (Å²) in [4.78, 5) is 36.2. The van der Waals surface area contributed by atoms with E-state index in [2.05, 4.69) is 16.0 Å². The predicted molar refractivity (Wildman–Crippen MR) is 96.0 cm³/mol. The lowest BCUT2D eigenvalue weighted by Crippen LogP contribution is -2.58. The van der Waals surface area contributed by atoms with Crippen LogP contribution in [0.15, 0.2) is 24.3 Å². The normalized spacial score (nSPS) is 19.7. The van der Waals surface area contributed by atoms with Crippen molar-refractivity contribution in [3.8, 4) is 5.75 Å². The number of aliphatic hydroxyl groups excluding tert-OH is 1. The Hall–Kier alpha value is -2.65. The number of aromatic hydroxyl groups is 1. The second kappa shape index (κ2) is 9.33. The second-order valence-electron chi connectivity index (χ2n) is 6.65. The quantitative estimate of drug-likeness (QED) is 0.344. The van der Waals surface area contributed by atoms with Crippen molar-refractivity contribution in [2.45, 2.75) is 50.4 Å². The maximum Gasteiger partial charge on any atom is 0.326 e. The highest BCUT2D eigenvalue weighted by molar-refractivity contribution is 5.92. The van der Waals surface area contributed by atoms with Gasteiger partial charge in [-0.15, -0.1) is 0 Å². The third kappa shape index (κ3) is 5.93. The van der Waals surface area contributed by atoms with Crippen molar-refractivity contribution in [3.63, 3.8) is 0 Å². The van der Waals surface area contributed by atoms with E-state index in [9.17, 15) is 29.7 Å². The molecular weight excluding hydrogens is 354 g/mol. The number of carboxylic acid groups (broad SMARTS) is 1. The number of phenols is 1. The van der Waals surface area contributed by atoms with E-state index in [0.717, 1.165) is 6.42 Å². The summed E-state index contributed by atoms with van der Waals surface area (Å²) >= 11 is 0. The number of carboxylic acids is 1. The SMILES string of the molecule is CC(O)C(NC(=O)C1CCCN1)C(=O)NC(Cc1ccc(O)cc1)C(=O)O. The van der Waals surface area contributed by atoms with E-state index >= 15 is 0 Å². The minimum absolute atomic E-state index is 0.00793. The van der Waals surface area contributed by atoms with Gasteiger partial charge in [-0.25, -0.2) is 4.79 Å². The van der Waals surface area contributed by atoms with Gasteiger partial charge in [0.15, 0.2) is 0 Å². The Kier molecular flexibility index (Phi) is 7.14. The molecule has 1 aliphatic rings. The van der Waals surface area contributed by atoms with Gasteiger partial charge >= 0.3 is 5.97 Å². The first kappa shape index (κ1) is 20.7. The van der Waals surface area contributed by atoms with Crippen molar-refractivity contribution in [2.75, 3.05) is 6.54 Å². The number of amides is 2. The average molecular weight is 379 g/mol. The number of nitrogens with one attached hydrogen (secondary N) is 3. The Morgan fingerprint density at radius 3 is 2.41 bits per heavy atom. The van der Waals surface area contributed by atoms with E-state index in [0.29, 0.717) is 18.5 Å². The third-order valence-corrected chi connectivity index (χ3v) is 4.43. The molecule has 0 saturated carbocycles. The number of carbonyl (C=O) groups excluding carboxylic acids is 2. The van der Waals surface area contributed by atoms with Crippen LogP contribution in [0.3, 0.4) is 0 Å². The van der Waals surface area contributed by atoms with Crippen molar-refractivity contribution in [1.29, 1.82) is 0 Å². The van der Waals surface area contributed by atoms with E-state index in [4.69, 9.17) is 0 Å². The topological polar surface area (TPSA) is 148 Å². The van der Waals surface area contributed by atoms with Gasteiger partial charge in [-0.3, -0.25) is 9.59 Å². The summed E-state index contributed by atoms with van der Waals surface area (Å²) in [6.45, 7) is 2.06. The molecule has 0 spiro atoms. The van der Waals surface area contributed by atoms with Crippen LogP contribution in [0.4, 0.5) is 0 Å². The molecule has 1 heterocycles. The zero-order valence-corrected chi connectivity index (χ0v) is 15.0. The van der Waals surface area contributed by atoms with Gasteiger partial charge in [-0.1, -0.05) is 12.1 Å². The van der Waals surface area contributed by atoms with E-state index in [1.165, 1.54) is 19.1 Å². The van der Waals surface area contributed by atoms with Crippen LogP contribution in [0.25, 0.3) is 0 Å². The number of aliphatic carboxylic acids is 1. The van der Waals surface area contributed by atoms with E-state index in [-0.39, 0.29) is 12.2 Å². The van der Waals surface area contributed by atoms with E-state index in [1.54, 1.807) is 12.1 Å². The fourth-order valence-electron chi connectivity index (χ4n) is 2.90. The molecule has 0 aromatic heterocycles. The lowest BCUT2D eigenvalue weighted by Gasteiger charge is -2.24. The van der Waals surface area contributed by atoms with Gasteiger partial charge in [0, 0.05) is 6.42 Å². The zero-order chi connectivity index (χ0) is 20.0. The Labute approximate surface area is 156 Å². The average Bonchev–Trinajstić information content (AvgIpc) is 3.15. The van der Waals surface area contributed by atoms with Gasteiger partial charge in [0.25, 0.3) is 0 Å². The first-order valence-corrected chi connectivity index (χ1v) is 8.81. The molecule has 1 fully saturated rings. The van der Waals surface area contributed by atoms with Crippen LogP contribution in [-0.4, -0.2) is 63.9 Å². The molecule has 9 heteroatoms. The highest BCUT2D eigenvalue weighted by atomic mass is 16.4. The molecule has 4 atom stereocenters. The number of hydrogen-bond acceptors (Lipinski definition) is 6. The van der Waals surface area contributed by atoms with E-state index in [1.807, 2.05) is 0 Å². The lowest BCUT2D eigenvalue weighted by molar-refractivity contribution is -0.142. The first-order valence-electron chi connectivity index (χ1n) is 8.81. The molecule has 0 bridgehead atoms. The summed E-state index contributed by atoms with van der Waals surface area (Å²) in [6.07, 6.45) is 0.278. The summed E-state index contributed by atoms with van der Waals surface area (Å²) in [7, 11) is 0. The fraction of sp³-hybridized carbons (Fsp3) is 0.500. The minimum Gasteiger partial charge on any atom is -0.508 e. The molecule has 1 aliphatic heterocycles. The van der Waals surface area contributed by atoms with Crippen LogP contribution in [0.1, 0.15) is 25.3 Å². The highest BCUT2D eigenvalue weighted by Crippen LogP contribution is 2.12. The van der Waals surface area contributed by atoms with Crippen LogP contribution in [0.2, 0.25) is 0 Å². The zero-order valence-electron chi connectivity index (χ0n) is 15.0. The summed E-state index contributed by atoms with van der Waals surface area (Å²) in [5.41, 5.74) is 0.605. The predicted octanol–water partition coefficient (Wildman–Crippen LogP) is -0.878. The number of carbonyl (C=O) groups is 3. The molecule has 27 heavy (non-hydrogen) atoms. The molecule has 9 nitrogen and oxygen atoms in total. The largest absolute Gasteiger partial charge is 0.508 e. The molecule has 2 amide bonds. The van der Waals surface area contributed by atoms with Crippen LogP contribution in [-0.2, 0) is 20.8 Å². The maximum atomic E-state index is 12.5. The van der Waals surface area contributed by atoms with Crippen molar-refractivity contribution < 1.29 is 29.7 Å². The summed E-state index contributed by atoms with van der Waals surface area (Å²) < 4.78 is 0. The Bertz CT molecular complexity index is 670. The van der Waals surface area contributed by atoms with Crippen LogP contribution in [0.5, 0.6) is 5.75 Å². The lowest BCUT2D eigenvalue weighted by atomic mass is 10.0. The molecule has 1 saturated heterocycles. The van der Waals surface area contributed by atoms with Gasteiger partial charge in [-0.2, -0.15) is 0 Å². The Morgan fingerprint density at radius 1 is 1.22 bits per heavy atom. The smallest absolute Gasteiger partial charge is 0.326 e. The maximum absolute atomic E-state index is 12.5. The first-order chi connectivity index (χ1) is 12.8. The van der Waals surface area contributed by atoms with Crippen LogP contribution >= 0.6 is 0 Å². The minimum atomic E-state index is -1.26. The van der Waals surface area contributed by atoms with Gasteiger partial charge in [0.1, 0.15) is 17.8 Å². The molecule has 6 N–H and O–H groups in total. The van der Waals surface area contributed by atoms with Crippen molar-refractivity contribution in [3.05, 3.63) is 29.8 Å². The number of hydrogen-bond donors (Lipinski definition) is 6. The summed E-state index contributed by atoms with van der Waals surface area (Å²) in [6, 6.07) is 3.01. The standard InChI is InChI=1S/C18H25N3O6/c1-10(22)15(21-16(24)13-3-2-8-19-13)17(25)20-14(18(26)27)9-11-4-6-12(23)7-5-11/h4-7,10,13-15,19,22-23H,2-3,8-9H2,1H3,(H,20,25)(H,21,24)(H,26,27). The molecular formula is C18H25N3O6. The molecule has 1 aromatic rings. The number of rotatable bonds is 8. The van der Waals surface area contributed by atoms with Gasteiger partial charge < -0.3 is 31.3 Å². The summed E-state index contributed by atoms with van der Waals surface area (Å²) in [5.74, 6) is -2.38. The van der Waals surface area contributed by atoms with Crippen LogP contribution < -0.4 is 16.0 Å². The second-order valence-corrected chi connectivity index (χ2v) is 6.65. The van der Waals surface area contributed by atoms with Crippen molar-refractivity contribution in [1.82, 2.24) is 16.0 Å². The van der Waals surface area contributed by atoms with Gasteiger partial charge in [0.05, 0.1) is 12.1 Å². The van der Waals surface area contributed by atoms with Gasteiger partial charge in [-0.05, 0) is 44.0 Å².